The van der Waals surface area contributed by atoms with E-state index in [4.69, 9.17) is 9.47 Å². The van der Waals surface area contributed by atoms with Gasteiger partial charge in [-0.2, -0.15) is 0 Å². The lowest BCUT2D eigenvalue weighted by Crippen LogP contribution is -2.34. The van der Waals surface area contributed by atoms with E-state index in [0.717, 1.165) is 5.75 Å². The van der Waals surface area contributed by atoms with Crippen molar-refractivity contribution < 1.29 is 23.9 Å². The summed E-state index contributed by atoms with van der Waals surface area (Å²) in [6.07, 6.45) is -0.562. The molecule has 0 spiro atoms. The van der Waals surface area contributed by atoms with E-state index >= 15 is 0 Å². The van der Waals surface area contributed by atoms with Gasteiger partial charge in [0.05, 0.1) is 23.8 Å². The fourth-order valence-corrected chi connectivity index (χ4v) is 3.41. The van der Waals surface area contributed by atoms with Crippen molar-refractivity contribution in [3.8, 4) is 11.5 Å². The number of rotatable bonds is 8. The molecule has 0 saturated carbocycles. The summed E-state index contributed by atoms with van der Waals surface area (Å²) in [4.78, 5) is 36.2. The molecule has 0 fully saturated rings. The number of anilines is 2. The van der Waals surface area contributed by atoms with Gasteiger partial charge in [0.1, 0.15) is 11.5 Å². The number of carbonyl (C=O) groups is 3. The molecule has 29 heavy (non-hydrogen) atoms. The Bertz CT molecular complexity index is 914. The number of thioether (sulfide) groups is 1. The maximum absolute atomic E-state index is 12.4. The SMILES string of the molecule is CCOc1ccc(NC(=O)CSCC(=O)c2ccc3c(c2)NC(=O)C(C)O3)cc1. The van der Waals surface area contributed by atoms with Crippen LogP contribution in [0, 0.1) is 0 Å². The van der Waals surface area contributed by atoms with Crippen molar-refractivity contribution in [3.63, 3.8) is 0 Å². The summed E-state index contributed by atoms with van der Waals surface area (Å²) in [6, 6.07) is 12.0. The van der Waals surface area contributed by atoms with Crippen LogP contribution in [0.4, 0.5) is 11.4 Å². The van der Waals surface area contributed by atoms with Crippen molar-refractivity contribution in [3.05, 3.63) is 48.0 Å². The number of ether oxygens (including phenoxy) is 2. The fourth-order valence-electron chi connectivity index (χ4n) is 2.70. The average molecular weight is 414 g/mol. The standard InChI is InChI=1S/C21H22N2O5S/c1-3-27-16-7-5-15(6-8-16)22-20(25)12-29-11-18(24)14-4-9-19-17(10-14)23-21(26)13(2)28-19/h4-10,13H,3,11-12H2,1-2H3,(H,22,25)(H,23,26). The Kier molecular flexibility index (Phi) is 6.77. The van der Waals surface area contributed by atoms with Crippen LogP contribution < -0.4 is 20.1 Å². The van der Waals surface area contributed by atoms with Crippen LogP contribution in [-0.4, -0.2) is 41.8 Å². The van der Waals surface area contributed by atoms with E-state index in [2.05, 4.69) is 10.6 Å². The molecule has 0 aromatic heterocycles. The van der Waals surface area contributed by atoms with Crippen molar-refractivity contribution in [2.24, 2.45) is 0 Å². The molecule has 2 N–H and O–H groups in total. The number of carbonyl (C=O) groups excluding carboxylic acids is 3. The Morgan fingerprint density at radius 3 is 2.66 bits per heavy atom. The Labute approximate surface area is 173 Å². The molecule has 1 aliphatic heterocycles. The zero-order chi connectivity index (χ0) is 20.8. The highest BCUT2D eigenvalue weighted by molar-refractivity contribution is 8.00. The topological polar surface area (TPSA) is 93.7 Å². The van der Waals surface area contributed by atoms with Gasteiger partial charge in [-0.15, -0.1) is 11.8 Å². The third-order valence-corrected chi connectivity index (χ3v) is 5.08. The molecule has 2 aromatic rings. The Hall–Kier alpha value is -3.00. The van der Waals surface area contributed by atoms with Crippen LogP contribution in [0.25, 0.3) is 0 Å². The number of ketones is 1. The van der Waals surface area contributed by atoms with Gasteiger partial charge in [0, 0.05) is 11.3 Å². The van der Waals surface area contributed by atoms with Gasteiger partial charge in [0.2, 0.25) is 5.91 Å². The summed E-state index contributed by atoms with van der Waals surface area (Å²) >= 11 is 1.23. The second-order valence-electron chi connectivity index (χ2n) is 6.38. The van der Waals surface area contributed by atoms with Crippen LogP contribution in [0.15, 0.2) is 42.5 Å². The minimum atomic E-state index is -0.562. The van der Waals surface area contributed by atoms with Crippen molar-refractivity contribution in [1.29, 1.82) is 0 Å². The predicted molar refractivity (Wildman–Crippen MR) is 113 cm³/mol. The molecule has 152 valence electrons. The van der Waals surface area contributed by atoms with Crippen LogP contribution in [0.1, 0.15) is 24.2 Å². The second kappa shape index (κ2) is 9.47. The number of hydrogen-bond acceptors (Lipinski definition) is 6. The third-order valence-electron chi connectivity index (χ3n) is 4.15. The van der Waals surface area contributed by atoms with Crippen LogP contribution >= 0.6 is 11.8 Å². The van der Waals surface area contributed by atoms with Gasteiger partial charge >= 0.3 is 0 Å². The van der Waals surface area contributed by atoms with Crippen LogP contribution in [0.5, 0.6) is 11.5 Å². The minimum Gasteiger partial charge on any atom is -0.494 e. The zero-order valence-corrected chi connectivity index (χ0v) is 17.0. The normalized spacial score (nSPS) is 15.0. The van der Waals surface area contributed by atoms with Crippen LogP contribution in [0.2, 0.25) is 0 Å². The molecule has 1 atom stereocenters. The van der Waals surface area contributed by atoms with Crippen molar-refractivity contribution in [1.82, 2.24) is 0 Å². The lowest BCUT2D eigenvalue weighted by atomic mass is 10.1. The molecule has 3 rings (SSSR count). The Morgan fingerprint density at radius 1 is 1.17 bits per heavy atom. The van der Waals surface area contributed by atoms with Crippen molar-refractivity contribution >= 4 is 40.7 Å². The monoisotopic (exact) mass is 414 g/mol. The van der Waals surface area contributed by atoms with Gasteiger partial charge in [0.25, 0.3) is 5.91 Å². The quantitative estimate of drug-likeness (QED) is 0.644. The predicted octanol–water partition coefficient (Wildman–Crippen LogP) is 3.36. The first-order valence-corrected chi connectivity index (χ1v) is 10.4. The number of nitrogens with one attached hydrogen (secondary N) is 2. The molecule has 0 aliphatic carbocycles. The van der Waals surface area contributed by atoms with Crippen molar-refractivity contribution in [2.75, 3.05) is 28.7 Å². The average Bonchev–Trinajstić information content (AvgIpc) is 2.70. The van der Waals surface area contributed by atoms with E-state index in [0.29, 0.717) is 29.3 Å². The molecule has 0 radical (unpaired) electrons. The molecule has 1 unspecified atom stereocenters. The molecule has 8 heteroatoms. The molecule has 1 aliphatic rings. The molecule has 1 heterocycles. The number of hydrogen-bond donors (Lipinski definition) is 2. The first-order valence-electron chi connectivity index (χ1n) is 9.21. The van der Waals surface area contributed by atoms with Crippen LogP contribution in [0.3, 0.4) is 0 Å². The van der Waals surface area contributed by atoms with Crippen LogP contribution in [-0.2, 0) is 9.59 Å². The maximum Gasteiger partial charge on any atom is 0.265 e. The maximum atomic E-state index is 12.4. The molecular weight excluding hydrogens is 392 g/mol. The molecule has 2 aromatic carbocycles. The smallest absolute Gasteiger partial charge is 0.265 e. The van der Waals surface area contributed by atoms with Gasteiger partial charge in [-0.1, -0.05) is 0 Å². The molecule has 0 saturated heterocycles. The lowest BCUT2D eigenvalue weighted by molar-refractivity contribution is -0.122. The van der Waals surface area contributed by atoms with Gasteiger partial charge < -0.3 is 20.1 Å². The Balaban J connectivity index is 1.47. The first-order chi connectivity index (χ1) is 14.0. The lowest BCUT2D eigenvalue weighted by Gasteiger charge is -2.23. The van der Waals surface area contributed by atoms with Gasteiger partial charge in [-0.3, -0.25) is 14.4 Å². The number of amides is 2. The summed E-state index contributed by atoms with van der Waals surface area (Å²) < 4.78 is 10.8. The zero-order valence-electron chi connectivity index (χ0n) is 16.2. The van der Waals surface area contributed by atoms with E-state index < -0.39 is 6.10 Å². The molecule has 0 bridgehead atoms. The highest BCUT2D eigenvalue weighted by atomic mass is 32.2. The number of benzene rings is 2. The highest BCUT2D eigenvalue weighted by Gasteiger charge is 2.24. The van der Waals surface area contributed by atoms with E-state index in [-0.39, 0.29) is 29.1 Å². The summed E-state index contributed by atoms with van der Waals surface area (Å²) in [7, 11) is 0. The second-order valence-corrected chi connectivity index (χ2v) is 7.37. The van der Waals surface area contributed by atoms with Gasteiger partial charge in [-0.05, 0) is 56.3 Å². The highest BCUT2D eigenvalue weighted by Crippen LogP contribution is 2.30. The summed E-state index contributed by atoms with van der Waals surface area (Å²) in [5, 5.41) is 5.51. The van der Waals surface area contributed by atoms with E-state index in [1.807, 2.05) is 6.92 Å². The van der Waals surface area contributed by atoms with E-state index in [1.165, 1.54) is 11.8 Å². The van der Waals surface area contributed by atoms with E-state index in [9.17, 15) is 14.4 Å². The molecule has 2 amide bonds. The summed E-state index contributed by atoms with van der Waals surface area (Å²) in [6.45, 7) is 4.15. The largest absolute Gasteiger partial charge is 0.494 e. The molecular formula is C21H22N2O5S. The minimum absolute atomic E-state index is 0.125. The third kappa shape index (κ3) is 5.51. The van der Waals surface area contributed by atoms with Gasteiger partial charge in [-0.25, -0.2) is 0 Å². The Morgan fingerprint density at radius 2 is 1.93 bits per heavy atom. The van der Waals surface area contributed by atoms with Gasteiger partial charge in [0.15, 0.2) is 11.9 Å². The summed E-state index contributed by atoms with van der Waals surface area (Å²) in [5.41, 5.74) is 1.61. The fraction of sp³-hybridized carbons (Fsp3) is 0.286. The first kappa shape index (κ1) is 20.7. The number of fused-ring (bicyclic) bond motifs is 1. The summed E-state index contributed by atoms with van der Waals surface area (Å²) in [5.74, 6) is 1.03. The van der Waals surface area contributed by atoms with E-state index in [1.54, 1.807) is 49.4 Å². The molecule has 7 nitrogen and oxygen atoms in total. The number of Topliss-reactive ketones (excluding diaryl/α,β-unsaturated/α-hetero) is 1. The van der Waals surface area contributed by atoms with Crippen molar-refractivity contribution in [2.45, 2.75) is 20.0 Å².